The number of ether oxygens (including phenoxy) is 1. The van der Waals surface area contributed by atoms with E-state index in [2.05, 4.69) is 10.6 Å². The van der Waals surface area contributed by atoms with Gasteiger partial charge in [0.2, 0.25) is 6.23 Å². The van der Waals surface area contributed by atoms with Gasteiger partial charge in [0.05, 0.1) is 0 Å². The fourth-order valence-corrected chi connectivity index (χ4v) is 2.43. The molecule has 126 valence electrons. The lowest BCUT2D eigenvalue weighted by Crippen LogP contribution is -2.41. The van der Waals surface area contributed by atoms with Gasteiger partial charge in [-0.05, 0) is 24.3 Å². The van der Waals surface area contributed by atoms with Crippen molar-refractivity contribution in [2.24, 2.45) is 0 Å². The summed E-state index contributed by atoms with van der Waals surface area (Å²) < 4.78 is 5.02. The minimum atomic E-state index is -1.17. The minimum absolute atomic E-state index is 0.00445. The Morgan fingerprint density at radius 3 is 1.96 bits per heavy atom. The number of benzene rings is 2. The smallest absolute Gasteiger partial charge is 0.354 e. The number of nitrogens with one attached hydrogen (secondary N) is 2. The maximum absolute atomic E-state index is 12.3. The number of carbonyl (C=O) groups excluding carboxylic acids is 3. The van der Waals surface area contributed by atoms with Crippen LogP contribution in [0.15, 0.2) is 71.4 Å². The molecule has 0 unspecified atom stereocenters. The van der Waals surface area contributed by atoms with Crippen molar-refractivity contribution in [3.8, 4) is 0 Å². The van der Waals surface area contributed by atoms with Crippen molar-refractivity contribution in [3.63, 3.8) is 0 Å². The van der Waals surface area contributed by atoms with E-state index in [-0.39, 0.29) is 10.7 Å². The largest absolute Gasteiger partial charge is 0.431 e. The van der Waals surface area contributed by atoms with Crippen molar-refractivity contribution in [2.75, 3.05) is 0 Å². The van der Waals surface area contributed by atoms with Gasteiger partial charge in [-0.15, -0.1) is 0 Å². The first-order chi connectivity index (χ1) is 12.1. The molecule has 0 aliphatic carbocycles. The third-order valence-electron chi connectivity index (χ3n) is 3.49. The normalized spacial score (nSPS) is 16.4. The zero-order valence-corrected chi connectivity index (χ0v) is 13.6. The molecule has 2 N–H and O–H groups in total. The summed E-state index contributed by atoms with van der Waals surface area (Å²) in [6.07, 6.45) is -1.17. The first-order valence-corrected chi connectivity index (χ1v) is 7.77. The second-order valence-electron chi connectivity index (χ2n) is 5.17. The molecule has 1 aliphatic heterocycles. The summed E-state index contributed by atoms with van der Waals surface area (Å²) in [6.45, 7) is 0. The molecule has 6 nitrogen and oxygen atoms in total. The van der Waals surface area contributed by atoms with Gasteiger partial charge in [0.15, 0.2) is 5.03 Å². The molecule has 0 saturated heterocycles. The van der Waals surface area contributed by atoms with Crippen molar-refractivity contribution >= 4 is 29.4 Å². The molecule has 7 heteroatoms. The molecule has 1 atom stereocenters. The number of rotatable bonds is 4. The Kier molecular flexibility index (Phi) is 4.81. The van der Waals surface area contributed by atoms with Gasteiger partial charge in [0.25, 0.3) is 11.8 Å². The maximum Gasteiger partial charge on any atom is 0.354 e. The van der Waals surface area contributed by atoms with Gasteiger partial charge in [-0.25, -0.2) is 4.79 Å². The van der Waals surface area contributed by atoms with Gasteiger partial charge < -0.3 is 15.4 Å². The van der Waals surface area contributed by atoms with E-state index in [1.807, 2.05) is 0 Å². The molecule has 2 aromatic carbocycles. The van der Waals surface area contributed by atoms with E-state index in [1.165, 1.54) is 0 Å². The number of halogens is 1. The first-order valence-electron chi connectivity index (χ1n) is 7.39. The Labute approximate surface area is 148 Å². The highest BCUT2D eigenvalue weighted by Gasteiger charge is 2.35. The molecule has 0 radical (unpaired) electrons. The molecular formula is C18H13ClN2O4. The molecule has 0 aromatic heterocycles. The summed E-state index contributed by atoms with van der Waals surface area (Å²) in [6, 6.07) is 16.8. The molecule has 0 spiro atoms. The molecule has 1 aliphatic rings. The van der Waals surface area contributed by atoms with Gasteiger partial charge in [0.1, 0.15) is 5.70 Å². The van der Waals surface area contributed by atoms with Crippen molar-refractivity contribution in [3.05, 3.63) is 82.5 Å². The zero-order chi connectivity index (χ0) is 17.8. The Hall–Kier alpha value is -3.12. The van der Waals surface area contributed by atoms with Crippen LogP contribution in [0.1, 0.15) is 20.7 Å². The average Bonchev–Trinajstić information content (AvgIpc) is 2.90. The van der Waals surface area contributed by atoms with E-state index >= 15 is 0 Å². The highest BCUT2D eigenvalue weighted by atomic mass is 35.5. The van der Waals surface area contributed by atoms with Crippen LogP contribution in [0, 0.1) is 0 Å². The van der Waals surface area contributed by atoms with Crippen molar-refractivity contribution < 1.29 is 19.1 Å². The van der Waals surface area contributed by atoms with Crippen LogP contribution in [-0.4, -0.2) is 24.0 Å². The molecule has 2 aromatic rings. The quantitative estimate of drug-likeness (QED) is 0.822. The lowest BCUT2D eigenvalue weighted by molar-refractivity contribution is -0.139. The van der Waals surface area contributed by atoms with Crippen LogP contribution in [0.2, 0.25) is 0 Å². The van der Waals surface area contributed by atoms with Crippen molar-refractivity contribution in [2.45, 2.75) is 6.23 Å². The van der Waals surface area contributed by atoms with Crippen LogP contribution < -0.4 is 10.6 Å². The third kappa shape index (κ3) is 3.70. The molecule has 0 fully saturated rings. The lowest BCUT2D eigenvalue weighted by atomic mass is 10.2. The summed E-state index contributed by atoms with van der Waals surface area (Å²) >= 11 is 5.92. The van der Waals surface area contributed by atoms with Crippen LogP contribution in [0.4, 0.5) is 0 Å². The molecular weight excluding hydrogens is 344 g/mol. The minimum Gasteiger partial charge on any atom is -0.431 e. The summed E-state index contributed by atoms with van der Waals surface area (Å²) in [5.41, 5.74) is 0.770. The lowest BCUT2D eigenvalue weighted by Gasteiger charge is -2.16. The van der Waals surface area contributed by atoms with Gasteiger partial charge in [-0.3, -0.25) is 9.59 Å². The van der Waals surface area contributed by atoms with E-state index in [4.69, 9.17) is 16.3 Å². The van der Waals surface area contributed by atoms with E-state index in [1.54, 1.807) is 60.7 Å². The van der Waals surface area contributed by atoms with E-state index in [0.29, 0.717) is 11.1 Å². The number of cyclic esters (lactones) is 1. The summed E-state index contributed by atoms with van der Waals surface area (Å²) in [5, 5.41) is 4.78. The van der Waals surface area contributed by atoms with Crippen molar-refractivity contribution in [1.29, 1.82) is 0 Å². The third-order valence-corrected chi connectivity index (χ3v) is 3.84. The monoisotopic (exact) mass is 356 g/mol. The van der Waals surface area contributed by atoms with Gasteiger partial charge in [-0.1, -0.05) is 48.0 Å². The van der Waals surface area contributed by atoms with E-state index in [9.17, 15) is 14.4 Å². The predicted octanol–water partition coefficient (Wildman–Crippen LogP) is 2.18. The van der Waals surface area contributed by atoms with Gasteiger partial charge in [0, 0.05) is 11.1 Å². The predicted molar refractivity (Wildman–Crippen MR) is 90.6 cm³/mol. The number of esters is 1. The summed E-state index contributed by atoms with van der Waals surface area (Å²) in [4.78, 5) is 36.2. The highest BCUT2D eigenvalue weighted by molar-refractivity contribution is 6.42. The van der Waals surface area contributed by atoms with E-state index < -0.39 is 24.0 Å². The maximum atomic E-state index is 12.3. The van der Waals surface area contributed by atoms with Crippen LogP contribution in [0.3, 0.4) is 0 Å². The second-order valence-corrected chi connectivity index (χ2v) is 5.55. The fraction of sp³-hybridized carbons (Fsp3) is 0.0556. The molecule has 0 bridgehead atoms. The number of hydrogen-bond donors (Lipinski definition) is 2. The number of hydrogen-bond acceptors (Lipinski definition) is 4. The van der Waals surface area contributed by atoms with E-state index in [0.717, 1.165) is 0 Å². The zero-order valence-electron chi connectivity index (χ0n) is 12.9. The number of amides is 2. The fourth-order valence-electron chi connectivity index (χ4n) is 2.24. The number of carbonyl (C=O) groups is 3. The molecule has 25 heavy (non-hydrogen) atoms. The molecule has 2 amide bonds. The molecule has 3 rings (SSSR count). The Morgan fingerprint density at radius 2 is 1.40 bits per heavy atom. The summed E-state index contributed by atoms with van der Waals surface area (Å²) in [5.74, 6) is -1.74. The standard InChI is InChI=1S/C18H13ClN2O4/c19-13-14(20-15(22)11-7-3-1-4-8-11)17(25-18(13)24)21-16(23)12-9-5-2-6-10-12/h1-10,17H,(H,20,22)(H,21,23)/t17-/m1/s1. The van der Waals surface area contributed by atoms with Gasteiger partial charge >= 0.3 is 5.97 Å². The Morgan fingerprint density at radius 1 is 0.880 bits per heavy atom. The highest BCUT2D eigenvalue weighted by Crippen LogP contribution is 2.23. The SMILES string of the molecule is O=C1O[C@@H](NC(=O)c2ccccc2)C(NC(=O)c2ccccc2)=C1Cl. The Bertz CT molecular complexity index is 850. The van der Waals surface area contributed by atoms with Crippen molar-refractivity contribution in [1.82, 2.24) is 10.6 Å². The average molecular weight is 357 g/mol. The second kappa shape index (κ2) is 7.19. The Balaban J connectivity index is 1.77. The molecule has 1 heterocycles. The topological polar surface area (TPSA) is 84.5 Å². The van der Waals surface area contributed by atoms with Crippen LogP contribution in [-0.2, 0) is 9.53 Å². The van der Waals surface area contributed by atoms with Crippen LogP contribution in [0.25, 0.3) is 0 Å². The van der Waals surface area contributed by atoms with Crippen LogP contribution >= 0.6 is 11.6 Å². The summed E-state index contributed by atoms with van der Waals surface area (Å²) in [7, 11) is 0. The molecule has 0 saturated carbocycles. The van der Waals surface area contributed by atoms with Gasteiger partial charge in [-0.2, -0.15) is 0 Å². The first kappa shape index (κ1) is 16.7. The van der Waals surface area contributed by atoms with Crippen LogP contribution in [0.5, 0.6) is 0 Å².